The summed E-state index contributed by atoms with van der Waals surface area (Å²) in [5.41, 5.74) is 11.4. The Kier molecular flexibility index (Phi) is 4.21. The van der Waals surface area contributed by atoms with Gasteiger partial charge in [0.05, 0.1) is 0 Å². The van der Waals surface area contributed by atoms with E-state index in [2.05, 4.69) is 25.2 Å². The van der Waals surface area contributed by atoms with Crippen molar-refractivity contribution < 1.29 is 9.36 Å². The van der Waals surface area contributed by atoms with Gasteiger partial charge in [-0.05, 0) is 43.3 Å². The maximum absolute atomic E-state index is 12.6. The number of H-pyrrole nitrogens is 1. The van der Waals surface area contributed by atoms with E-state index < -0.39 is 0 Å². The predicted octanol–water partition coefficient (Wildman–Crippen LogP) is 3.30. The minimum atomic E-state index is -0.353. The van der Waals surface area contributed by atoms with E-state index in [9.17, 15) is 4.79 Å². The Hall–Kier alpha value is -4.13. The molecule has 1 aliphatic rings. The molecular weight excluding hydrogens is 376 g/mol. The number of hydrogen-bond acceptors (Lipinski definition) is 4. The average molecular weight is 397 g/mol. The van der Waals surface area contributed by atoms with Crippen LogP contribution in [0.4, 0.5) is 11.6 Å². The number of rotatable bonds is 3. The third-order valence-electron chi connectivity index (χ3n) is 5.17. The molecule has 30 heavy (non-hydrogen) atoms. The molecular formula is C23H21N6O+. The van der Waals surface area contributed by atoms with Gasteiger partial charge >= 0.3 is 5.95 Å². The quantitative estimate of drug-likeness (QED) is 0.399. The Morgan fingerprint density at radius 1 is 1.07 bits per heavy atom. The van der Waals surface area contributed by atoms with Crippen LogP contribution in [-0.4, -0.2) is 16.9 Å². The number of para-hydroxylation sites is 2. The van der Waals surface area contributed by atoms with Gasteiger partial charge < -0.3 is 11.1 Å². The van der Waals surface area contributed by atoms with E-state index in [0.29, 0.717) is 17.2 Å². The highest BCUT2D eigenvalue weighted by atomic mass is 16.1. The first-order chi connectivity index (χ1) is 14.6. The van der Waals surface area contributed by atoms with Crippen molar-refractivity contribution in [2.45, 2.75) is 13.1 Å². The molecule has 0 saturated carbocycles. The van der Waals surface area contributed by atoms with Crippen LogP contribution in [0.15, 0.2) is 77.8 Å². The summed E-state index contributed by atoms with van der Waals surface area (Å²) in [6.45, 7) is 1.99. The van der Waals surface area contributed by atoms with Crippen molar-refractivity contribution in [3.8, 4) is 0 Å². The molecule has 2 heterocycles. The Bertz CT molecular complexity index is 1290. The zero-order valence-electron chi connectivity index (χ0n) is 16.4. The number of nitrogens with zero attached hydrogens (tertiary/aromatic N) is 2. The lowest BCUT2D eigenvalue weighted by atomic mass is 10.1. The monoisotopic (exact) mass is 397 g/mol. The number of aromatic amines is 1. The summed E-state index contributed by atoms with van der Waals surface area (Å²) in [6, 6.07) is 23.2. The highest BCUT2D eigenvalue weighted by Crippen LogP contribution is 2.25. The van der Waals surface area contributed by atoms with Crippen LogP contribution in [0.25, 0.3) is 11.0 Å². The largest absolute Gasteiger partial charge is 0.365 e. The summed E-state index contributed by atoms with van der Waals surface area (Å²) in [4.78, 5) is 20.6. The summed E-state index contributed by atoms with van der Waals surface area (Å²) in [5.74, 6) is 0.948. The number of hydrogen-bond donors (Lipinski definition) is 4. The van der Waals surface area contributed by atoms with Crippen molar-refractivity contribution in [1.29, 1.82) is 0 Å². The van der Waals surface area contributed by atoms with E-state index >= 15 is 0 Å². The van der Waals surface area contributed by atoms with E-state index in [4.69, 9.17) is 5.73 Å². The fraction of sp³-hybridized carbons (Fsp3) is 0.0870. The van der Waals surface area contributed by atoms with E-state index in [1.807, 2.05) is 79.7 Å². The Balaban J connectivity index is 1.50. The zero-order valence-corrected chi connectivity index (χ0v) is 16.4. The second kappa shape index (κ2) is 7.04. The summed E-state index contributed by atoms with van der Waals surface area (Å²) >= 11 is 0. The highest BCUT2D eigenvalue weighted by molar-refractivity contribution is 6.04. The molecule has 0 bridgehead atoms. The lowest BCUT2D eigenvalue weighted by molar-refractivity contribution is -0.674. The predicted molar refractivity (Wildman–Crippen MR) is 117 cm³/mol. The van der Waals surface area contributed by atoms with Gasteiger partial charge in [0.1, 0.15) is 11.0 Å². The van der Waals surface area contributed by atoms with Crippen molar-refractivity contribution in [2.24, 2.45) is 10.7 Å². The van der Waals surface area contributed by atoms with Gasteiger partial charge in [-0.15, -0.1) is 0 Å². The molecule has 0 radical (unpaired) electrons. The summed E-state index contributed by atoms with van der Waals surface area (Å²) in [5, 5.41) is 6.06. The van der Waals surface area contributed by atoms with Crippen molar-refractivity contribution in [3.05, 3.63) is 89.5 Å². The van der Waals surface area contributed by atoms with E-state index in [0.717, 1.165) is 28.1 Å². The number of carbonyl (C=O) groups is 1. The van der Waals surface area contributed by atoms with Crippen LogP contribution in [0, 0.1) is 6.92 Å². The van der Waals surface area contributed by atoms with E-state index in [1.165, 1.54) is 0 Å². The molecule has 7 heteroatoms. The SMILES string of the molecule is Cc1ccc(C(=O)Nc2cccc([C@@H]3N=C(N)Nc4[nH]c5ccccc5[n+]43)c2)cc1. The number of benzene rings is 3. The van der Waals surface area contributed by atoms with Crippen LogP contribution in [0.2, 0.25) is 0 Å². The molecule has 1 atom stereocenters. The topological polar surface area (TPSA) is 99.2 Å². The Labute approximate surface area is 173 Å². The summed E-state index contributed by atoms with van der Waals surface area (Å²) in [6.07, 6.45) is -0.353. The van der Waals surface area contributed by atoms with Gasteiger partial charge in [0.2, 0.25) is 6.17 Å². The average Bonchev–Trinajstić information content (AvgIpc) is 3.12. The maximum atomic E-state index is 12.6. The number of fused-ring (bicyclic) bond motifs is 3. The Morgan fingerprint density at radius 2 is 1.87 bits per heavy atom. The molecule has 0 aliphatic carbocycles. The first-order valence-corrected chi connectivity index (χ1v) is 9.69. The van der Waals surface area contributed by atoms with Crippen molar-refractivity contribution in [2.75, 3.05) is 10.6 Å². The highest BCUT2D eigenvalue weighted by Gasteiger charge is 2.31. The molecule has 5 rings (SSSR count). The molecule has 1 amide bonds. The molecule has 5 N–H and O–H groups in total. The van der Waals surface area contributed by atoms with Gasteiger partial charge in [0, 0.05) is 16.8 Å². The van der Waals surface area contributed by atoms with Crippen LogP contribution in [0.5, 0.6) is 0 Å². The second-order valence-corrected chi connectivity index (χ2v) is 7.32. The molecule has 7 nitrogen and oxygen atoms in total. The number of nitrogens with two attached hydrogens (primary N) is 1. The van der Waals surface area contributed by atoms with Gasteiger partial charge in [-0.1, -0.05) is 42.0 Å². The van der Waals surface area contributed by atoms with Crippen LogP contribution in [0.1, 0.15) is 27.7 Å². The normalized spacial score (nSPS) is 15.2. The first-order valence-electron chi connectivity index (χ1n) is 9.69. The lowest BCUT2D eigenvalue weighted by Gasteiger charge is -2.18. The molecule has 148 valence electrons. The number of aromatic nitrogens is 2. The third-order valence-corrected chi connectivity index (χ3v) is 5.17. The third kappa shape index (κ3) is 3.16. The number of anilines is 2. The number of amides is 1. The van der Waals surface area contributed by atoms with Crippen molar-refractivity contribution >= 4 is 34.5 Å². The van der Waals surface area contributed by atoms with Gasteiger partial charge in [-0.3, -0.25) is 4.79 Å². The molecule has 0 fully saturated rings. The number of aliphatic imine (C=N–C) groups is 1. The fourth-order valence-corrected chi connectivity index (χ4v) is 3.70. The molecule has 0 spiro atoms. The molecule has 1 aromatic heterocycles. The second-order valence-electron chi connectivity index (χ2n) is 7.32. The summed E-state index contributed by atoms with van der Waals surface area (Å²) in [7, 11) is 0. The maximum Gasteiger partial charge on any atom is 0.365 e. The van der Waals surface area contributed by atoms with Crippen LogP contribution >= 0.6 is 0 Å². The molecule has 0 saturated heterocycles. The van der Waals surface area contributed by atoms with Gasteiger partial charge in [-0.2, -0.15) is 4.99 Å². The molecule has 4 aromatic rings. The standard InChI is InChI=1S/C23H20N6O/c1-14-9-11-15(12-10-14)21(30)25-17-6-4-5-16(13-17)20-27-22(24)28-23-26-18-7-2-3-8-19(18)29(20)23/h2-13,20H,1H3,(H4,24,25,26,27,28,30)/p+1/t20-/m1/s1. The van der Waals surface area contributed by atoms with Gasteiger partial charge in [0.25, 0.3) is 11.9 Å². The summed E-state index contributed by atoms with van der Waals surface area (Å²) < 4.78 is 2.06. The van der Waals surface area contributed by atoms with E-state index in [1.54, 1.807) is 0 Å². The molecule has 1 aliphatic heterocycles. The van der Waals surface area contributed by atoms with Crippen molar-refractivity contribution in [3.63, 3.8) is 0 Å². The number of nitrogens with one attached hydrogen (secondary N) is 3. The number of aryl methyl sites for hydroxylation is 1. The van der Waals surface area contributed by atoms with Crippen LogP contribution in [0.3, 0.4) is 0 Å². The molecule has 0 unspecified atom stereocenters. The fourth-order valence-electron chi connectivity index (χ4n) is 3.70. The number of imidazole rings is 1. The minimum absolute atomic E-state index is 0.152. The minimum Gasteiger partial charge on any atom is -0.357 e. The van der Waals surface area contributed by atoms with E-state index in [-0.39, 0.29) is 12.1 Å². The molecule has 3 aromatic carbocycles. The Morgan fingerprint density at radius 3 is 2.70 bits per heavy atom. The zero-order chi connectivity index (χ0) is 20.7. The first kappa shape index (κ1) is 17.9. The smallest absolute Gasteiger partial charge is 0.357 e. The van der Waals surface area contributed by atoms with Gasteiger partial charge in [0.15, 0.2) is 0 Å². The number of guanidine groups is 1. The van der Waals surface area contributed by atoms with Crippen LogP contribution in [-0.2, 0) is 0 Å². The van der Waals surface area contributed by atoms with Gasteiger partial charge in [-0.25, -0.2) is 14.9 Å². The number of carbonyl (C=O) groups excluding carboxylic acids is 1. The lowest BCUT2D eigenvalue weighted by Crippen LogP contribution is -2.48. The van der Waals surface area contributed by atoms with Crippen molar-refractivity contribution in [1.82, 2.24) is 4.98 Å². The van der Waals surface area contributed by atoms with Crippen LogP contribution < -0.4 is 20.9 Å².